The number of halogens is 5. The lowest BCUT2D eigenvalue weighted by molar-refractivity contribution is -0.260. The van der Waals surface area contributed by atoms with Crippen LogP contribution in [-0.4, -0.2) is 66.4 Å². The zero-order valence-corrected chi connectivity index (χ0v) is 25.8. The minimum Gasteiger partial charge on any atom is -0.454 e. The van der Waals surface area contributed by atoms with Crippen LogP contribution in [0.3, 0.4) is 0 Å². The first-order valence-corrected chi connectivity index (χ1v) is 16.3. The first-order chi connectivity index (χ1) is 20.5. The predicted octanol–water partition coefficient (Wildman–Crippen LogP) is 4.49. The molecule has 4 aliphatic carbocycles. The van der Waals surface area contributed by atoms with Crippen molar-refractivity contribution in [3.63, 3.8) is 0 Å². The van der Waals surface area contributed by atoms with Crippen LogP contribution in [0, 0.1) is 46.3 Å². The van der Waals surface area contributed by atoms with Crippen molar-refractivity contribution in [1.82, 2.24) is 0 Å². The molecular weight excluding hydrogens is 635 g/mol. The predicted molar refractivity (Wildman–Crippen MR) is 143 cm³/mol. The summed E-state index contributed by atoms with van der Waals surface area (Å²) in [5.74, 6) is -4.07. The summed E-state index contributed by atoms with van der Waals surface area (Å²) in [6, 6.07) is 0. The third-order valence-corrected chi connectivity index (χ3v) is 12.2. The van der Waals surface area contributed by atoms with Crippen LogP contribution >= 0.6 is 0 Å². The Kier molecular flexibility index (Phi) is 9.39. The zero-order valence-electron chi connectivity index (χ0n) is 25.0. The molecule has 0 bridgehead atoms. The van der Waals surface area contributed by atoms with Crippen LogP contribution in [0.4, 0.5) is 22.0 Å². The number of ketones is 3. The molecule has 1 N–H and O–H groups in total. The van der Waals surface area contributed by atoms with Crippen molar-refractivity contribution >= 4 is 39.4 Å². The smallest absolute Gasteiger partial charge is 0.432 e. The van der Waals surface area contributed by atoms with Crippen molar-refractivity contribution in [1.29, 1.82) is 0 Å². The summed E-state index contributed by atoms with van der Waals surface area (Å²) < 4.78 is 104. The van der Waals surface area contributed by atoms with E-state index in [0.29, 0.717) is 38.5 Å². The van der Waals surface area contributed by atoms with Crippen LogP contribution in [-0.2, 0) is 43.6 Å². The molecule has 45 heavy (non-hydrogen) atoms. The fourth-order valence-corrected chi connectivity index (χ4v) is 9.23. The van der Waals surface area contributed by atoms with Gasteiger partial charge < -0.3 is 9.47 Å². The topological polar surface area (TPSA) is 158 Å². The summed E-state index contributed by atoms with van der Waals surface area (Å²) in [4.78, 5) is 63.5. The monoisotopic (exact) mass is 672 g/mol. The van der Waals surface area contributed by atoms with E-state index in [1.54, 1.807) is 0 Å². The molecule has 0 radical (unpaired) electrons. The Morgan fingerprint density at radius 3 is 2.24 bits per heavy atom. The molecule has 4 saturated carbocycles. The molecule has 9 atom stereocenters. The lowest BCUT2D eigenvalue weighted by Gasteiger charge is -2.58. The van der Waals surface area contributed by atoms with Crippen molar-refractivity contribution in [2.24, 2.45) is 46.3 Å². The molecule has 0 saturated heterocycles. The van der Waals surface area contributed by atoms with Crippen molar-refractivity contribution in [2.45, 2.75) is 96.1 Å². The minimum atomic E-state index is -6.62. The molecule has 16 heteroatoms. The average molecular weight is 673 g/mol. The number of alkyl halides is 5. The van der Waals surface area contributed by atoms with E-state index < -0.39 is 51.6 Å². The highest BCUT2D eigenvalue weighted by Crippen LogP contribution is 2.66. The fraction of sp³-hybridized carbons (Fsp3) is 0.828. The largest absolute Gasteiger partial charge is 0.454 e. The zero-order chi connectivity index (χ0) is 33.9. The molecule has 0 aromatic heterocycles. The third-order valence-electron chi connectivity index (χ3n) is 11.3. The molecule has 0 aromatic carbocycles. The molecule has 0 aromatic rings. The number of carbonyl (C=O) groups excluding carboxylic acids is 5. The van der Waals surface area contributed by atoms with Crippen molar-refractivity contribution in [3.8, 4) is 0 Å². The number of hydrogen-bond donors (Lipinski definition) is 1. The normalized spacial score (nSPS) is 35.1. The van der Waals surface area contributed by atoms with Crippen LogP contribution < -0.4 is 0 Å². The molecule has 4 aliphatic rings. The number of rotatable bonds is 9. The molecule has 10 nitrogen and oxygen atoms in total. The van der Waals surface area contributed by atoms with Crippen LogP contribution in [0.1, 0.15) is 78.6 Å². The van der Waals surface area contributed by atoms with E-state index in [2.05, 4.69) is 16.4 Å². The number of carbonyl (C=O) groups is 5. The van der Waals surface area contributed by atoms with Crippen LogP contribution in [0.2, 0.25) is 0 Å². The third kappa shape index (κ3) is 6.29. The minimum absolute atomic E-state index is 0.0425. The van der Waals surface area contributed by atoms with Gasteiger partial charge in [0.05, 0.1) is 0 Å². The summed E-state index contributed by atoms with van der Waals surface area (Å²) in [6.07, 6.45) is -7.59. The van der Waals surface area contributed by atoms with Gasteiger partial charge in [-0.2, -0.15) is 30.4 Å². The highest BCUT2D eigenvalue weighted by molar-refractivity contribution is 7.86. The Hall–Kier alpha value is -2.49. The van der Waals surface area contributed by atoms with Crippen molar-refractivity contribution < 1.29 is 68.4 Å². The molecule has 4 fully saturated rings. The van der Waals surface area contributed by atoms with Gasteiger partial charge in [-0.05, 0) is 60.7 Å². The van der Waals surface area contributed by atoms with Crippen molar-refractivity contribution in [3.05, 3.63) is 0 Å². The molecule has 6 unspecified atom stereocenters. The van der Waals surface area contributed by atoms with E-state index in [9.17, 15) is 54.3 Å². The summed E-state index contributed by atoms with van der Waals surface area (Å²) >= 11 is 0. The van der Waals surface area contributed by atoms with Gasteiger partial charge in [-0.25, -0.2) is 4.79 Å². The number of Topliss-reactive ketones (excluding diaryl/α,β-unsaturated/α-hetero) is 3. The Balaban J connectivity index is 1.36. The second-order valence-corrected chi connectivity index (χ2v) is 15.1. The van der Waals surface area contributed by atoms with E-state index in [1.807, 2.05) is 13.8 Å². The maximum atomic E-state index is 13.9. The average Bonchev–Trinajstić information content (AvgIpc) is 3.27. The molecule has 0 aliphatic heterocycles. The summed E-state index contributed by atoms with van der Waals surface area (Å²) in [6.45, 7) is 4.26. The van der Waals surface area contributed by atoms with E-state index in [1.165, 1.54) is 0 Å². The number of esters is 2. The fourth-order valence-electron chi connectivity index (χ4n) is 8.77. The molecule has 0 heterocycles. The van der Waals surface area contributed by atoms with E-state index in [0.717, 1.165) is 0 Å². The van der Waals surface area contributed by atoms with Gasteiger partial charge in [0.25, 0.3) is 6.10 Å². The SMILES string of the molecule is C[C@H](CCC(=O)OCC(=O)OC(C(F)(F)F)C(F)(F)S(=O)(=O)O)C1CC[C@H]2C3C(=O)CC4CC(=O)CCC4(C)[C@H]3CC(=O)C12C. The van der Waals surface area contributed by atoms with Gasteiger partial charge in [-0.15, -0.1) is 0 Å². The van der Waals surface area contributed by atoms with Gasteiger partial charge >= 0.3 is 33.5 Å². The van der Waals surface area contributed by atoms with Crippen molar-refractivity contribution in [2.75, 3.05) is 6.61 Å². The Morgan fingerprint density at radius 2 is 1.64 bits per heavy atom. The van der Waals surface area contributed by atoms with E-state index >= 15 is 0 Å². The second kappa shape index (κ2) is 11.9. The Bertz CT molecular complexity index is 1360. The second-order valence-electron chi connectivity index (χ2n) is 13.6. The summed E-state index contributed by atoms with van der Waals surface area (Å²) in [7, 11) is -6.62. The molecule has 4 rings (SSSR count). The van der Waals surface area contributed by atoms with Gasteiger partial charge in [0, 0.05) is 43.4 Å². The molecule has 254 valence electrons. The quantitative estimate of drug-likeness (QED) is 0.210. The molecular formula is C29H37F5O10S. The highest BCUT2D eigenvalue weighted by Gasteiger charge is 2.67. The number of ether oxygens (including phenoxy) is 2. The first-order valence-electron chi connectivity index (χ1n) is 14.9. The van der Waals surface area contributed by atoms with Gasteiger partial charge in [-0.3, -0.25) is 23.7 Å². The maximum absolute atomic E-state index is 13.9. The van der Waals surface area contributed by atoms with Crippen LogP contribution in [0.15, 0.2) is 0 Å². The molecule has 0 spiro atoms. The summed E-state index contributed by atoms with van der Waals surface area (Å²) in [5.41, 5.74) is -1.11. The first kappa shape index (κ1) is 35.4. The van der Waals surface area contributed by atoms with E-state index in [-0.39, 0.29) is 77.5 Å². The van der Waals surface area contributed by atoms with Gasteiger partial charge in [-0.1, -0.05) is 20.8 Å². The Morgan fingerprint density at radius 1 is 1.00 bits per heavy atom. The van der Waals surface area contributed by atoms with Crippen LogP contribution in [0.5, 0.6) is 0 Å². The molecule has 0 amide bonds. The maximum Gasteiger partial charge on any atom is 0.432 e. The van der Waals surface area contributed by atoms with Gasteiger partial charge in [0.1, 0.15) is 17.3 Å². The lowest BCUT2D eigenvalue weighted by Crippen LogP contribution is -2.60. The van der Waals surface area contributed by atoms with E-state index in [4.69, 9.17) is 4.55 Å². The number of fused-ring (bicyclic) bond motifs is 5. The Labute approximate surface area is 256 Å². The van der Waals surface area contributed by atoms with Crippen LogP contribution in [0.25, 0.3) is 0 Å². The number of hydrogen-bond acceptors (Lipinski definition) is 9. The lowest BCUT2D eigenvalue weighted by atomic mass is 9.44. The standard InChI is InChI=1S/C29H37F5O10S/c1-14(4-7-22(38)43-13-23(39)44-25(28(30,31)32)29(33,34)45(40,41)42)17-5-6-18-24-19(12-21(37)27(17,18)3)26(2)9-8-16(35)10-15(26)11-20(24)36/h14-15,17-19,24-25H,4-13H2,1-3H3,(H,40,41,42)/t14-,15?,17?,18+,19+,24?,25?,26?,27?/m1/s1. The van der Waals surface area contributed by atoms with Gasteiger partial charge in [0.15, 0.2) is 6.61 Å². The summed E-state index contributed by atoms with van der Waals surface area (Å²) in [5, 5.41) is -5.91. The van der Waals surface area contributed by atoms with Gasteiger partial charge in [0.2, 0.25) is 0 Å². The highest BCUT2D eigenvalue weighted by atomic mass is 32.2.